The van der Waals surface area contributed by atoms with Gasteiger partial charge in [-0.05, 0) is 6.07 Å². The van der Waals surface area contributed by atoms with Crippen LogP contribution in [0.5, 0.6) is 0 Å². The van der Waals surface area contributed by atoms with Gasteiger partial charge in [0, 0.05) is 40.1 Å². The van der Waals surface area contributed by atoms with Crippen LogP contribution in [0, 0.1) is 0 Å². The number of carbonyl (C=O) groups is 1. The first-order chi connectivity index (χ1) is 9.04. The summed E-state index contributed by atoms with van der Waals surface area (Å²) >= 11 is 0. The highest BCUT2D eigenvalue weighted by molar-refractivity contribution is 5.80. The molecule has 0 aliphatic rings. The van der Waals surface area contributed by atoms with Crippen molar-refractivity contribution in [1.29, 1.82) is 0 Å². The van der Waals surface area contributed by atoms with E-state index >= 15 is 0 Å². The summed E-state index contributed by atoms with van der Waals surface area (Å²) in [4.78, 5) is 23.2. The summed E-state index contributed by atoms with van der Waals surface area (Å²) in [6.07, 6.45) is 2.56. The number of likely N-dealkylation sites (N-methyl/N-ethyl adjacent to an activating group) is 2. The third kappa shape index (κ3) is 5.19. The minimum absolute atomic E-state index is 0.120. The number of carbonyl (C=O) groups excluding carboxylic acids is 1. The number of ether oxygens (including phenoxy) is 1. The van der Waals surface area contributed by atoms with Crippen molar-refractivity contribution >= 4 is 11.9 Å². The molecule has 1 rings (SSSR count). The van der Waals surface area contributed by atoms with E-state index in [2.05, 4.69) is 9.97 Å². The van der Waals surface area contributed by atoms with Gasteiger partial charge in [0.1, 0.15) is 0 Å². The Labute approximate surface area is 112 Å². The van der Waals surface area contributed by atoms with Gasteiger partial charge in [0.15, 0.2) is 0 Å². The first-order valence-corrected chi connectivity index (χ1v) is 5.93. The van der Waals surface area contributed by atoms with Crippen LogP contribution in [0.3, 0.4) is 0 Å². The van der Waals surface area contributed by atoms with E-state index in [1.54, 1.807) is 37.5 Å². The Balaban J connectivity index is 2.46. The van der Waals surface area contributed by atoms with Crippen molar-refractivity contribution in [3.05, 3.63) is 18.5 Å². The molecule has 19 heavy (non-hydrogen) atoms. The molecule has 1 N–H and O–H groups in total. The summed E-state index contributed by atoms with van der Waals surface area (Å²) in [6, 6.07) is 1.71. The lowest BCUT2D eigenvalue weighted by molar-refractivity contribution is -0.130. The molecule has 0 aromatic carbocycles. The molecule has 0 aliphatic carbocycles. The molecular formula is C12H20N4O3. The van der Waals surface area contributed by atoms with E-state index < -0.39 is 6.10 Å². The van der Waals surface area contributed by atoms with Crippen LogP contribution < -0.4 is 4.90 Å². The van der Waals surface area contributed by atoms with E-state index in [0.717, 1.165) is 0 Å². The first kappa shape index (κ1) is 15.3. The Kier molecular flexibility index (Phi) is 6.17. The summed E-state index contributed by atoms with van der Waals surface area (Å²) in [5, 5.41) is 9.56. The predicted octanol–water partition coefficient (Wildman–Crippen LogP) is -0.621. The minimum Gasteiger partial charge on any atom is -0.389 e. The molecule has 0 aliphatic heterocycles. The zero-order valence-electron chi connectivity index (χ0n) is 11.5. The molecule has 1 aromatic heterocycles. The second kappa shape index (κ2) is 7.65. The van der Waals surface area contributed by atoms with Crippen molar-refractivity contribution in [1.82, 2.24) is 14.9 Å². The van der Waals surface area contributed by atoms with Gasteiger partial charge in [-0.3, -0.25) is 4.79 Å². The van der Waals surface area contributed by atoms with E-state index in [1.807, 2.05) is 0 Å². The Hall–Kier alpha value is -1.73. The van der Waals surface area contributed by atoms with Gasteiger partial charge in [-0.25, -0.2) is 9.97 Å². The van der Waals surface area contributed by atoms with Crippen molar-refractivity contribution in [3.63, 3.8) is 0 Å². The van der Waals surface area contributed by atoms with Crippen LogP contribution in [0.2, 0.25) is 0 Å². The van der Waals surface area contributed by atoms with Crippen molar-refractivity contribution in [2.45, 2.75) is 6.10 Å². The zero-order valence-corrected chi connectivity index (χ0v) is 11.5. The van der Waals surface area contributed by atoms with Crippen LogP contribution in [0.1, 0.15) is 0 Å². The quantitative estimate of drug-likeness (QED) is 0.710. The molecule has 1 amide bonds. The average Bonchev–Trinajstić information content (AvgIpc) is 2.39. The van der Waals surface area contributed by atoms with Gasteiger partial charge in [0.05, 0.1) is 19.3 Å². The van der Waals surface area contributed by atoms with Crippen molar-refractivity contribution in [3.8, 4) is 0 Å². The zero-order chi connectivity index (χ0) is 14.3. The Morgan fingerprint density at radius 3 is 2.63 bits per heavy atom. The molecule has 0 spiro atoms. The van der Waals surface area contributed by atoms with Crippen molar-refractivity contribution < 1.29 is 14.6 Å². The molecular weight excluding hydrogens is 248 g/mol. The molecule has 1 atom stereocenters. The lowest BCUT2D eigenvalue weighted by atomic mass is 10.3. The smallest absolute Gasteiger partial charge is 0.242 e. The molecule has 1 aromatic rings. The molecule has 0 bridgehead atoms. The molecule has 7 nitrogen and oxygen atoms in total. The van der Waals surface area contributed by atoms with E-state index in [9.17, 15) is 9.90 Å². The third-order valence-electron chi connectivity index (χ3n) is 2.54. The first-order valence-electron chi connectivity index (χ1n) is 5.93. The van der Waals surface area contributed by atoms with E-state index in [4.69, 9.17) is 4.74 Å². The van der Waals surface area contributed by atoms with Gasteiger partial charge in [-0.15, -0.1) is 0 Å². The maximum absolute atomic E-state index is 11.9. The van der Waals surface area contributed by atoms with Gasteiger partial charge in [0.25, 0.3) is 0 Å². The van der Waals surface area contributed by atoms with Crippen molar-refractivity contribution in [2.24, 2.45) is 0 Å². The number of aliphatic hydroxyl groups excluding tert-OH is 1. The van der Waals surface area contributed by atoms with E-state index in [0.29, 0.717) is 5.95 Å². The van der Waals surface area contributed by atoms with Gasteiger partial charge < -0.3 is 19.6 Å². The minimum atomic E-state index is -0.683. The Morgan fingerprint density at radius 2 is 2.05 bits per heavy atom. The fraction of sp³-hybridized carbons (Fsp3) is 0.583. The summed E-state index contributed by atoms with van der Waals surface area (Å²) in [6.45, 7) is 0.589. The van der Waals surface area contributed by atoms with E-state index in [1.165, 1.54) is 12.0 Å². The molecule has 106 valence electrons. The van der Waals surface area contributed by atoms with Crippen LogP contribution in [-0.4, -0.2) is 72.9 Å². The predicted molar refractivity (Wildman–Crippen MR) is 70.8 cm³/mol. The van der Waals surface area contributed by atoms with Crippen LogP contribution in [0.15, 0.2) is 18.5 Å². The van der Waals surface area contributed by atoms with Crippen molar-refractivity contribution in [2.75, 3.05) is 45.8 Å². The lowest BCUT2D eigenvalue weighted by Crippen LogP contribution is -2.41. The summed E-state index contributed by atoms with van der Waals surface area (Å²) in [5.41, 5.74) is 0. The number of amides is 1. The van der Waals surface area contributed by atoms with E-state index in [-0.39, 0.29) is 25.6 Å². The molecule has 7 heteroatoms. The van der Waals surface area contributed by atoms with Gasteiger partial charge in [-0.1, -0.05) is 0 Å². The topological polar surface area (TPSA) is 78.8 Å². The van der Waals surface area contributed by atoms with Crippen LogP contribution in [0.25, 0.3) is 0 Å². The molecule has 0 saturated heterocycles. The number of nitrogens with zero attached hydrogens (tertiary/aromatic N) is 4. The Morgan fingerprint density at radius 1 is 1.42 bits per heavy atom. The maximum atomic E-state index is 11.9. The molecule has 1 unspecified atom stereocenters. The molecule has 0 saturated carbocycles. The highest BCUT2D eigenvalue weighted by Crippen LogP contribution is 2.02. The van der Waals surface area contributed by atoms with Crippen LogP contribution >= 0.6 is 0 Å². The highest BCUT2D eigenvalue weighted by atomic mass is 16.5. The number of anilines is 1. The monoisotopic (exact) mass is 268 g/mol. The number of hydrogen-bond acceptors (Lipinski definition) is 6. The standard InChI is InChI=1S/C12H20N4O3/c1-15(7-10(17)9-19-3)11(18)8-16(2)12-13-5-4-6-14-12/h4-6,10,17H,7-9H2,1-3H3. The lowest BCUT2D eigenvalue weighted by Gasteiger charge is -2.23. The number of hydrogen-bond donors (Lipinski definition) is 1. The average molecular weight is 268 g/mol. The number of rotatable bonds is 7. The number of aliphatic hydroxyl groups is 1. The largest absolute Gasteiger partial charge is 0.389 e. The number of methoxy groups -OCH3 is 1. The highest BCUT2D eigenvalue weighted by Gasteiger charge is 2.16. The van der Waals surface area contributed by atoms with Gasteiger partial charge >= 0.3 is 0 Å². The SMILES string of the molecule is COCC(O)CN(C)C(=O)CN(C)c1ncccn1. The Bertz CT molecular complexity index is 388. The molecule has 0 fully saturated rings. The van der Waals surface area contributed by atoms with Gasteiger partial charge in [0.2, 0.25) is 11.9 Å². The van der Waals surface area contributed by atoms with Crippen LogP contribution in [-0.2, 0) is 9.53 Å². The third-order valence-corrected chi connectivity index (χ3v) is 2.54. The normalized spacial score (nSPS) is 12.0. The summed E-state index contributed by atoms with van der Waals surface area (Å²) in [7, 11) is 4.89. The molecule has 1 heterocycles. The second-order valence-electron chi connectivity index (χ2n) is 4.29. The number of aromatic nitrogens is 2. The fourth-order valence-electron chi connectivity index (χ4n) is 1.55. The second-order valence-corrected chi connectivity index (χ2v) is 4.29. The van der Waals surface area contributed by atoms with Gasteiger partial charge in [-0.2, -0.15) is 0 Å². The van der Waals surface area contributed by atoms with Crippen LogP contribution in [0.4, 0.5) is 5.95 Å². The molecule has 0 radical (unpaired) electrons. The maximum Gasteiger partial charge on any atom is 0.242 e. The fourth-order valence-corrected chi connectivity index (χ4v) is 1.55. The summed E-state index contributed by atoms with van der Waals surface area (Å²) < 4.78 is 4.82. The summed E-state index contributed by atoms with van der Waals surface area (Å²) in [5.74, 6) is 0.367.